The van der Waals surface area contributed by atoms with Crippen LogP contribution in [-0.4, -0.2) is 28.1 Å². The minimum Gasteiger partial charge on any atom is -0.497 e. The van der Waals surface area contributed by atoms with Crippen molar-refractivity contribution in [1.82, 2.24) is 19.3 Å². The smallest absolute Gasteiger partial charge is 0.214 e. The lowest BCUT2D eigenvalue weighted by atomic mass is 10.3. The molecule has 3 rings (SSSR count). The molecule has 0 radical (unpaired) electrons. The fourth-order valence-corrected chi connectivity index (χ4v) is 2.26. The van der Waals surface area contributed by atoms with E-state index in [2.05, 4.69) is 25.5 Å². The molecule has 0 atom stereocenters. The lowest BCUT2D eigenvalue weighted by molar-refractivity contribution is 0.415. The monoisotopic (exact) mass is 244 g/mol. The van der Waals surface area contributed by atoms with E-state index in [1.165, 1.54) is 5.69 Å². The molecule has 94 valence electrons. The predicted molar refractivity (Wildman–Crippen MR) is 71.0 cm³/mol. The van der Waals surface area contributed by atoms with E-state index in [1.54, 1.807) is 7.11 Å². The Morgan fingerprint density at radius 2 is 2.22 bits per heavy atom. The molecule has 0 aliphatic carbocycles. The van der Waals surface area contributed by atoms with Crippen LogP contribution in [0.1, 0.15) is 5.69 Å². The van der Waals surface area contributed by atoms with Crippen molar-refractivity contribution in [3.63, 3.8) is 0 Å². The number of aromatic nitrogens is 3. The highest BCUT2D eigenvalue weighted by Gasteiger charge is 2.11. The van der Waals surface area contributed by atoms with Gasteiger partial charge >= 0.3 is 0 Å². The molecular weight excluding hydrogens is 228 g/mol. The van der Waals surface area contributed by atoms with Crippen molar-refractivity contribution >= 4 is 16.8 Å². The van der Waals surface area contributed by atoms with Gasteiger partial charge in [-0.1, -0.05) is 0 Å². The third kappa shape index (κ3) is 1.48. The van der Waals surface area contributed by atoms with Crippen LogP contribution in [0.15, 0.2) is 24.4 Å². The molecule has 0 saturated heterocycles. The fraction of sp³-hybridized carbons (Fsp3) is 0.308. The summed E-state index contributed by atoms with van der Waals surface area (Å²) in [6, 6.07) is 5.93. The highest BCUT2D eigenvalue weighted by atomic mass is 16.5. The third-order valence-corrected chi connectivity index (χ3v) is 3.24. The summed E-state index contributed by atoms with van der Waals surface area (Å²) < 4.78 is 9.47. The molecule has 2 heterocycles. The van der Waals surface area contributed by atoms with Gasteiger partial charge in [0, 0.05) is 25.9 Å². The van der Waals surface area contributed by atoms with Gasteiger partial charge in [-0.05, 0) is 19.2 Å². The van der Waals surface area contributed by atoms with Gasteiger partial charge in [-0.25, -0.2) is 4.98 Å². The lowest BCUT2D eigenvalue weighted by Gasteiger charge is -2.00. The molecule has 0 unspecified atom stereocenters. The standard InChI is InChI=1S/C13H16N4O/c1-14-7-9-8-17-12-6-10(18-3)4-5-11(12)15-13(17)16(9)2/h4-6,8,14H,7H2,1-3H3. The van der Waals surface area contributed by atoms with Gasteiger partial charge in [0.05, 0.1) is 23.8 Å². The number of fused-ring (bicyclic) bond motifs is 3. The Morgan fingerprint density at radius 1 is 1.39 bits per heavy atom. The van der Waals surface area contributed by atoms with Crippen molar-refractivity contribution in [1.29, 1.82) is 0 Å². The van der Waals surface area contributed by atoms with Crippen LogP contribution in [0.5, 0.6) is 5.75 Å². The van der Waals surface area contributed by atoms with Crippen LogP contribution >= 0.6 is 0 Å². The zero-order chi connectivity index (χ0) is 12.7. The number of aryl methyl sites for hydroxylation is 1. The molecule has 0 spiro atoms. The fourth-order valence-electron chi connectivity index (χ4n) is 2.26. The molecule has 0 aliphatic heterocycles. The average molecular weight is 244 g/mol. The molecule has 0 saturated carbocycles. The van der Waals surface area contributed by atoms with Crippen molar-refractivity contribution < 1.29 is 4.74 Å². The first kappa shape index (κ1) is 11.1. The third-order valence-electron chi connectivity index (χ3n) is 3.24. The van der Waals surface area contributed by atoms with Gasteiger partial charge in [-0.3, -0.25) is 4.40 Å². The molecule has 3 aromatic rings. The molecular formula is C13H16N4O. The average Bonchev–Trinajstić information content (AvgIpc) is 2.88. The largest absolute Gasteiger partial charge is 0.497 e. The number of methoxy groups -OCH3 is 1. The van der Waals surface area contributed by atoms with E-state index in [1.807, 2.05) is 32.3 Å². The summed E-state index contributed by atoms with van der Waals surface area (Å²) in [5.41, 5.74) is 3.25. The van der Waals surface area contributed by atoms with Crippen molar-refractivity contribution in [3.05, 3.63) is 30.1 Å². The Kier molecular flexibility index (Phi) is 2.48. The van der Waals surface area contributed by atoms with Crippen LogP contribution in [0.2, 0.25) is 0 Å². The number of benzene rings is 1. The number of hydrogen-bond donors (Lipinski definition) is 1. The zero-order valence-corrected chi connectivity index (χ0v) is 10.8. The van der Waals surface area contributed by atoms with Crippen LogP contribution < -0.4 is 10.1 Å². The number of ether oxygens (including phenoxy) is 1. The van der Waals surface area contributed by atoms with E-state index in [0.717, 1.165) is 29.1 Å². The summed E-state index contributed by atoms with van der Waals surface area (Å²) >= 11 is 0. The zero-order valence-electron chi connectivity index (χ0n) is 10.8. The molecule has 2 aromatic heterocycles. The second-order valence-electron chi connectivity index (χ2n) is 4.35. The van der Waals surface area contributed by atoms with Crippen LogP contribution in [-0.2, 0) is 13.6 Å². The maximum absolute atomic E-state index is 5.26. The summed E-state index contributed by atoms with van der Waals surface area (Å²) in [6.45, 7) is 0.825. The van der Waals surface area contributed by atoms with Crippen molar-refractivity contribution in [3.8, 4) is 5.75 Å². The summed E-state index contributed by atoms with van der Waals surface area (Å²) in [7, 11) is 5.65. The van der Waals surface area contributed by atoms with Crippen molar-refractivity contribution in [2.75, 3.05) is 14.2 Å². The van der Waals surface area contributed by atoms with E-state index in [9.17, 15) is 0 Å². The molecule has 0 amide bonds. The van der Waals surface area contributed by atoms with Crippen molar-refractivity contribution in [2.45, 2.75) is 6.54 Å². The van der Waals surface area contributed by atoms with Gasteiger partial charge in [-0.2, -0.15) is 0 Å². The maximum atomic E-state index is 5.26. The molecule has 0 fully saturated rings. The summed E-state index contributed by atoms with van der Waals surface area (Å²) in [5.74, 6) is 1.80. The van der Waals surface area contributed by atoms with E-state index < -0.39 is 0 Å². The number of nitrogens with one attached hydrogen (secondary N) is 1. The van der Waals surface area contributed by atoms with Gasteiger partial charge in [0.15, 0.2) is 0 Å². The van der Waals surface area contributed by atoms with Crippen LogP contribution in [0, 0.1) is 0 Å². The SMILES string of the molecule is CNCc1cn2c3cc(OC)ccc3nc2n1C. The van der Waals surface area contributed by atoms with E-state index in [0.29, 0.717) is 0 Å². The Bertz CT molecular complexity index is 710. The van der Waals surface area contributed by atoms with Crippen molar-refractivity contribution in [2.24, 2.45) is 7.05 Å². The van der Waals surface area contributed by atoms with Crippen LogP contribution in [0.4, 0.5) is 0 Å². The Labute approximate surface area is 105 Å². The number of hydrogen-bond acceptors (Lipinski definition) is 3. The number of rotatable bonds is 3. The van der Waals surface area contributed by atoms with Gasteiger partial charge < -0.3 is 14.6 Å². The quantitative estimate of drug-likeness (QED) is 0.760. The Balaban J connectivity index is 2.29. The van der Waals surface area contributed by atoms with Gasteiger partial charge in [0.2, 0.25) is 5.78 Å². The summed E-state index contributed by atoms with van der Waals surface area (Å²) in [6.07, 6.45) is 2.11. The number of nitrogens with zero attached hydrogens (tertiary/aromatic N) is 3. The second-order valence-corrected chi connectivity index (χ2v) is 4.35. The molecule has 1 aromatic carbocycles. The second kappa shape index (κ2) is 4.03. The van der Waals surface area contributed by atoms with Crippen LogP contribution in [0.25, 0.3) is 16.8 Å². The normalized spacial score (nSPS) is 11.5. The molecule has 18 heavy (non-hydrogen) atoms. The molecule has 1 N–H and O–H groups in total. The van der Waals surface area contributed by atoms with Gasteiger partial charge in [-0.15, -0.1) is 0 Å². The summed E-state index contributed by atoms with van der Waals surface area (Å²) in [5, 5.41) is 3.16. The first-order valence-corrected chi connectivity index (χ1v) is 5.89. The van der Waals surface area contributed by atoms with E-state index in [-0.39, 0.29) is 0 Å². The minimum absolute atomic E-state index is 0.825. The summed E-state index contributed by atoms with van der Waals surface area (Å²) in [4.78, 5) is 4.64. The Morgan fingerprint density at radius 3 is 2.94 bits per heavy atom. The van der Waals surface area contributed by atoms with E-state index in [4.69, 9.17) is 4.74 Å². The highest BCUT2D eigenvalue weighted by molar-refractivity contribution is 5.81. The minimum atomic E-state index is 0.825. The molecule has 5 heteroatoms. The van der Waals surface area contributed by atoms with Crippen LogP contribution in [0.3, 0.4) is 0 Å². The Hall–Kier alpha value is -2.01. The molecule has 5 nitrogen and oxygen atoms in total. The lowest BCUT2D eigenvalue weighted by Crippen LogP contribution is -2.08. The van der Waals surface area contributed by atoms with Gasteiger partial charge in [0.1, 0.15) is 5.75 Å². The van der Waals surface area contributed by atoms with Gasteiger partial charge in [0.25, 0.3) is 0 Å². The highest BCUT2D eigenvalue weighted by Crippen LogP contribution is 2.23. The molecule has 0 aliphatic rings. The predicted octanol–water partition coefficient (Wildman–Crippen LogP) is 1.55. The topological polar surface area (TPSA) is 43.5 Å². The number of imidazole rings is 2. The van der Waals surface area contributed by atoms with E-state index >= 15 is 0 Å². The maximum Gasteiger partial charge on any atom is 0.214 e. The first-order chi connectivity index (χ1) is 8.74. The molecule has 0 bridgehead atoms. The first-order valence-electron chi connectivity index (χ1n) is 5.89.